The summed E-state index contributed by atoms with van der Waals surface area (Å²) in [4.78, 5) is 2.38. The van der Waals surface area contributed by atoms with Crippen molar-refractivity contribution in [1.82, 2.24) is 4.90 Å². The largest absolute Gasteiger partial charge is 0.381 e. The lowest BCUT2D eigenvalue weighted by molar-refractivity contribution is -0.0126. The summed E-state index contributed by atoms with van der Waals surface area (Å²) in [5.74, 6) is 0.605. The van der Waals surface area contributed by atoms with Crippen molar-refractivity contribution in [2.24, 2.45) is 11.7 Å². The summed E-state index contributed by atoms with van der Waals surface area (Å²) in [7, 11) is 2.17. The van der Waals surface area contributed by atoms with Crippen molar-refractivity contribution >= 4 is 0 Å². The minimum atomic E-state index is 0.408. The zero-order valence-electron chi connectivity index (χ0n) is 10.9. The van der Waals surface area contributed by atoms with Crippen molar-refractivity contribution in [3.05, 3.63) is 0 Å². The number of rotatable bonds is 5. The standard InChI is InChI=1S/C13H26N2O2/c1-15(9-12-4-2-3-6-17-12)13(8-14)11-5-7-16-10-11/h11-13H,2-10,14H2,1H3. The number of likely N-dealkylation sites (N-methyl/N-ethyl adjacent to an activating group) is 1. The fourth-order valence-corrected chi connectivity index (χ4v) is 3.00. The Labute approximate surface area is 104 Å². The lowest BCUT2D eigenvalue weighted by atomic mass is 9.97. The van der Waals surface area contributed by atoms with Gasteiger partial charge in [-0.2, -0.15) is 0 Å². The molecule has 100 valence electrons. The van der Waals surface area contributed by atoms with E-state index in [0.717, 1.165) is 39.3 Å². The van der Waals surface area contributed by atoms with Gasteiger partial charge in [-0.25, -0.2) is 0 Å². The van der Waals surface area contributed by atoms with Gasteiger partial charge < -0.3 is 15.2 Å². The van der Waals surface area contributed by atoms with Gasteiger partial charge in [-0.3, -0.25) is 4.90 Å². The van der Waals surface area contributed by atoms with Crippen LogP contribution in [0.3, 0.4) is 0 Å². The Balaban J connectivity index is 1.80. The first kappa shape index (κ1) is 13.3. The first-order valence-electron chi connectivity index (χ1n) is 6.91. The summed E-state index contributed by atoms with van der Waals surface area (Å²) >= 11 is 0. The molecule has 3 atom stereocenters. The van der Waals surface area contributed by atoms with Crippen molar-refractivity contribution < 1.29 is 9.47 Å². The zero-order chi connectivity index (χ0) is 12.1. The third-order valence-electron chi connectivity index (χ3n) is 4.08. The molecule has 0 aliphatic carbocycles. The van der Waals surface area contributed by atoms with Gasteiger partial charge in [0.2, 0.25) is 0 Å². The maximum absolute atomic E-state index is 5.92. The second-order valence-corrected chi connectivity index (χ2v) is 5.35. The molecule has 0 aromatic carbocycles. The Morgan fingerprint density at radius 2 is 2.18 bits per heavy atom. The molecule has 2 aliphatic heterocycles. The van der Waals surface area contributed by atoms with Crippen molar-refractivity contribution in [3.8, 4) is 0 Å². The van der Waals surface area contributed by atoms with Crippen LogP contribution in [0.25, 0.3) is 0 Å². The van der Waals surface area contributed by atoms with Gasteiger partial charge in [0, 0.05) is 38.3 Å². The molecule has 0 aromatic heterocycles. The fourth-order valence-electron chi connectivity index (χ4n) is 3.00. The Bertz CT molecular complexity index is 213. The van der Waals surface area contributed by atoms with Gasteiger partial charge in [0.15, 0.2) is 0 Å². The van der Waals surface area contributed by atoms with Crippen LogP contribution in [0.2, 0.25) is 0 Å². The summed E-state index contributed by atoms with van der Waals surface area (Å²) in [5, 5.41) is 0. The Morgan fingerprint density at radius 1 is 1.29 bits per heavy atom. The maximum atomic E-state index is 5.92. The smallest absolute Gasteiger partial charge is 0.0702 e. The minimum Gasteiger partial charge on any atom is -0.381 e. The molecule has 0 radical (unpaired) electrons. The number of hydrogen-bond donors (Lipinski definition) is 1. The monoisotopic (exact) mass is 242 g/mol. The molecule has 4 heteroatoms. The predicted octanol–water partition coefficient (Wildman–Crippen LogP) is 0.851. The lowest BCUT2D eigenvalue weighted by Gasteiger charge is -2.34. The fraction of sp³-hybridized carbons (Fsp3) is 1.00. The highest BCUT2D eigenvalue weighted by Gasteiger charge is 2.29. The summed E-state index contributed by atoms with van der Waals surface area (Å²) in [6.45, 7) is 4.43. The van der Waals surface area contributed by atoms with Gasteiger partial charge in [-0.1, -0.05) is 0 Å². The Kier molecular flexibility index (Phi) is 5.22. The molecule has 0 spiro atoms. The van der Waals surface area contributed by atoms with Crippen molar-refractivity contribution in [2.75, 3.05) is 40.0 Å². The van der Waals surface area contributed by atoms with E-state index in [1.54, 1.807) is 0 Å². The predicted molar refractivity (Wildman–Crippen MR) is 68.0 cm³/mol. The quantitative estimate of drug-likeness (QED) is 0.776. The third kappa shape index (κ3) is 3.65. The van der Waals surface area contributed by atoms with E-state index < -0.39 is 0 Å². The molecule has 3 unspecified atom stereocenters. The van der Waals surface area contributed by atoms with E-state index in [1.807, 2.05) is 0 Å². The van der Waals surface area contributed by atoms with Crippen LogP contribution in [0.4, 0.5) is 0 Å². The molecule has 17 heavy (non-hydrogen) atoms. The molecule has 0 amide bonds. The van der Waals surface area contributed by atoms with E-state index in [2.05, 4.69) is 11.9 Å². The Morgan fingerprint density at radius 3 is 2.76 bits per heavy atom. The average molecular weight is 242 g/mol. The molecule has 2 rings (SSSR count). The van der Waals surface area contributed by atoms with Crippen LogP contribution in [0.15, 0.2) is 0 Å². The molecule has 4 nitrogen and oxygen atoms in total. The third-order valence-corrected chi connectivity index (χ3v) is 4.08. The van der Waals surface area contributed by atoms with Crippen LogP contribution < -0.4 is 5.73 Å². The second-order valence-electron chi connectivity index (χ2n) is 5.35. The molecule has 2 fully saturated rings. The summed E-state index contributed by atoms with van der Waals surface area (Å²) in [5.41, 5.74) is 5.92. The van der Waals surface area contributed by atoms with E-state index in [9.17, 15) is 0 Å². The van der Waals surface area contributed by atoms with Crippen molar-refractivity contribution in [3.63, 3.8) is 0 Å². The zero-order valence-corrected chi connectivity index (χ0v) is 10.9. The molecular weight excluding hydrogens is 216 g/mol. The van der Waals surface area contributed by atoms with Gasteiger partial charge in [0.05, 0.1) is 12.7 Å². The van der Waals surface area contributed by atoms with Crippen molar-refractivity contribution in [2.45, 2.75) is 37.8 Å². The van der Waals surface area contributed by atoms with Gasteiger partial charge in [-0.15, -0.1) is 0 Å². The summed E-state index contributed by atoms with van der Waals surface area (Å²) in [6, 6.07) is 0.447. The minimum absolute atomic E-state index is 0.408. The van der Waals surface area contributed by atoms with E-state index in [1.165, 1.54) is 19.3 Å². The molecule has 0 aromatic rings. The van der Waals surface area contributed by atoms with Gasteiger partial charge >= 0.3 is 0 Å². The van der Waals surface area contributed by atoms with Crippen LogP contribution in [0.5, 0.6) is 0 Å². The number of hydrogen-bond acceptors (Lipinski definition) is 4. The van der Waals surface area contributed by atoms with Crippen LogP contribution in [-0.4, -0.2) is 57.0 Å². The number of nitrogens with two attached hydrogens (primary N) is 1. The normalized spacial score (nSPS) is 31.9. The molecular formula is C13H26N2O2. The van der Waals surface area contributed by atoms with E-state index >= 15 is 0 Å². The second kappa shape index (κ2) is 6.69. The van der Waals surface area contributed by atoms with Crippen LogP contribution >= 0.6 is 0 Å². The molecule has 2 N–H and O–H groups in total. The van der Waals surface area contributed by atoms with Crippen LogP contribution in [0, 0.1) is 5.92 Å². The SMILES string of the molecule is CN(CC1CCCCO1)C(CN)C1CCOC1. The van der Waals surface area contributed by atoms with Crippen molar-refractivity contribution in [1.29, 1.82) is 0 Å². The van der Waals surface area contributed by atoms with Gasteiger partial charge in [0.1, 0.15) is 0 Å². The number of ether oxygens (including phenoxy) is 2. The molecule has 0 saturated carbocycles. The van der Waals surface area contributed by atoms with Crippen LogP contribution in [-0.2, 0) is 9.47 Å². The highest BCUT2D eigenvalue weighted by Crippen LogP contribution is 2.21. The average Bonchev–Trinajstić information content (AvgIpc) is 2.85. The molecule has 2 aliphatic rings. The lowest BCUT2D eigenvalue weighted by Crippen LogP contribution is -2.47. The van der Waals surface area contributed by atoms with Gasteiger partial charge in [-0.05, 0) is 32.7 Å². The van der Waals surface area contributed by atoms with E-state index in [4.69, 9.17) is 15.2 Å². The maximum Gasteiger partial charge on any atom is 0.0702 e. The molecule has 0 bridgehead atoms. The first-order chi connectivity index (χ1) is 8.31. The van der Waals surface area contributed by atoms with Gasteiger partial charge in [0.25, 0.3) is 0 Å². The highest BCUT2D eigenvalue weighted by atomic mass is 16.5. The first-order valence-corrected chi connectivity index (χ1v) is 6.91. The molecule has 2 saturated heterocycles. The Hall–Kier alpha value is -0.160. The topological polar surface area (TPSA) is 47.7 Å². The number of nitrogens with zero attached hydrogens (tertiary/aromatic N) is 1. The van der Waals surface area contributed by atoms with Crippen LogP contribution in [0.1, 0.15) is 25.7 Å². The summed E-state index contributed by atoms with van der Waals surface area (Å²) in [6.07, 6.45) is 5.28. The van der Waals surface area contributed by atoms with E-state index in [-0.39, 0.29) is 0 Å². The molecule has 2 heterocycles. The highest BCUT2D eigenvalue weighted by molar-refractivity contribution is 4.83. The summed E-state index contributed by atoms with van der Waals surface area (Å²) < 4.78 is 11.3. The van der Waals surface area contributed by atoms with E-state index in [0.29, 0.717) is 18.1 Å².